The molecule has 0 nitrogen and oxygen atoms in total. The Labute approximate surface area is 148 Å². The molecule has 108 valence electrons. The SMILES string of the molecule is C[Si](C)=[Zr].[c-]1c(C2C=CC=C2)ccc2c1Cc1ccccc1-2. The van der Waals surface area contributed by atoms with Crippen molar-refractivity contribution in [3.05, 3.63) is 83.5 Å². The molecule has 0 saturated carbocycles. The van der Waals surface area contributed by atoms with Crippen molar-refractivity contribution in [2.24, 2.45) is 0 Å². The predicted molar refractivity (Wildman–Crippen MR) is 92.0 cm³/mol. The van der Waals surface area contributed by atoms with Gasteiger partial charge in [-0.15, -0.1) is 11.1 Å². The second kappa shape index (κ2) is 7.06. The Kier molecular flexibility index (Phi) is 5.10. The summed E-state index contributed by atoms with van der Waals surface area (Å²) in [6.07, 6.45) is 9.70. The van der Waals surface area contributed by atoms with Gasteiger partial charge in [0.15, 0.2) is 0 Å². The average molecular weight is 379 g/mol. The molecule has 0 spiro atoms. The first-order valence-electron chi connectivity index (χ1n) is 7.65. The second-order valence-electron chi connectivity index (χ2n) is 5.94. The van der Waals surface area contributed by atoms with E-state index in [1.165, 1.54) is 27.8 Å². The van der Waals surface area contributed by atoms with Gasteiger partial charge in [0.1, 0.15) is 0 Å². The molecule has 0 fully saturated rings. The van der Waals surface area contributed by atoms with Crippen molar-refractivity contribution in [3.63, 3.8) is 0 Å². The largest absolute Gasteiger partial charge is 0.175 e. The maximum atomic E-state index is 3.61. The van der Waals surface area contributed by atoms with Crippen LogP contribution in [-0.2, 0) is 29.8 Å². The van der Waals surface area contributed by atoms with Gasteiger partial charge in [-0.25, -0.2) is 0 Å². The van der Waals surface area contributed by atoms with Crippen molar-refractivity contribution >= 4 is 5.43 Å². The van der Waals surface area contributed by atoms with Crippen LogP contribution in [0.4, 0.5) is 0 Å². The van der Waals surface area contributed by atoms with E-state index >= 15 is 0 Å². The molecule has 0 bridgehead atoms. The van der Waals surface area contributed by atoms with Gasteiger partial charge in [-0.2, -0.15) is 23.8 Å². The van der Waals surface area contributed by atoms with Gasteiger partial charge >= 0.3 is 41.9 Å². The average Bonchev–Trinajstić information content (AvgIpc) is 3.13. The molecule has 0 saturated heterocycles. The van der Waals surface area contributed by atoms with Gasteiger partial charge in [-0.1, -0.05) is 59.7 Å². The van der Waals surface area contributed by atoms with E-state index in [-0.39, 0.29) is 5.43 Å². The molecule has 0 aromatic heterocycles. The molecule has 2 aliphatic rings. The summed E-state index contributed by atoms with van der Waals surface area (Å²) < 4.78 is 0. The molecule has 2 aromatic carbocycles. The molecule has 4 rings (SSSR count). The number of fused-ring (bicyclic) bond motifs is 3. The molecule has 2 aliphatic carbocycles. The first kappa shape index (κ1) is 15.9. The van der Waals surface area contributed by atoms with E-state index < -0.39 is 0 Å². The van der Waals surface area contributed by atoms with Gasteiger partial charge in [0, 0.05) is 0 Å². The zero-order valence-corrected chi connectivity index (χ0v) is 16.5. The van der Waals surface area contributed by atoms with Crippen LogP contribution in [0.1, 0.15) is 22.6 Å². The molecule has 0 amide bonds. The van der Waals surface area contributed by atoms with Crippen molar-refractivity contribution < 1.29 is 23.3 Å². The standard InChI is InChI=1S/C18H13.C2H6Si.Zr/c1-2-6-13(5-1)14-9-10-18-16(11-14)12-15-7-3-4-8-17(15)18;1-3-2;/h1-10,13H,12H2;1-2H3;/q-1;;. The Morgan fingerprint density at radius 2 is 1.68 bits per heavy atom. The summed E-state index contributed by atoms with van der Waals surface area (Å²) in [6.45, 7) is 4.62. The second-order valence-corrected chi connectivity index (χ2v) is 15.3. The third-order valence-corrected chi connectivity index (χ3v) is 3.83. The van der Waals surface area contributed by atoms with Gasteiger partial charge in [-0.3, -0.25) is 0 Å². The minimum absolute atomic E-state index is 0.210. The van der Waals surface area contributed by atoms with Crippen molar-refractivity contribution in [1.82, 2.24) is 0 Å². The van der Waals surface area contributed by atoms with Gasteiger partial charge < -0.3 is 0 Å². The van der Waals surface area contributed by atoms with Gasteiger partial charge in [0.05, 0.1) is 0 Å². The number of hydrogen-bond acceptors (Lipinski definition) is 0. The van der Waals surface area contributed by atoms with E-state index in [4.69, 9.17) is 0 Å². The van der Waals surface area contributed by atoms with E-state index in [1.54, 1.807) is 23.3 Å². The fourth-order valence-electron chi connectivity index (χ4n) is 2.91. The van der Waals surface area contributed by atoms with E-state index in [0.29, 0.717) is 5.92 Å². The van der Waals surface area contributed by atoms with Crippen LogP contribution in [0.2, 0.25) is 13.1 Å². The summed E-state index contributed by atoms with van der Waals surface area (Å²) in [7, 11) is 0. The number of benzene rings is 2. The monoisotopic (exact) mass is 377 g/mol. The van der Waals surface area contributed by atoms with Crippen LogP contribution in [0.5, 0.6) is 0 Å². The first-order valence-corrected chi connectivity index (χ1v) is 13.8. The minimum Gasteiger partial charge on any atom is -0.175 e. The van der Waals surface area contributed by atoms with E-state index in [2.05, 4.69) is 79.9 Å². The molecular weight excluding hydrogens is 360 g/mol. The van der Waals surface area contributed by atoms with E-state index in [0.717, 1.165) is 6.42 Å². The zero-order chi connectivity index (χ0) is 15.5. The molecule has 0 radical (unpaired) electrons. The van der Waals surface area contributed by atoms with Crippen molar-refractivity contribution in [3.8, 4) is 11.1 Å². The Bertz CT molecular complexity index is 755. The van der Waals surface area contributed by atoms with Crippen molar-refractivity contribution in [2.75, 3.05) is 0 Å². The maximum absolute atomic E-state index is 3.61. The summed E-state index contributed by atoms with van der Waals surface area (Å²) in [4.78, 5) is 0. The van der Waals surface area contributed by atoms with Gasteiger partial charge in [0.25, 0.3) is 0 Å². The molecule has 2 aromatic rings. The third-order valence-electron chi connectivity index (χ3n) is 3.83. The molecule has 2 heteroatoms. The fourth-order valence-corrected chi connectivity index (χ4v) is 2.91. The molecule has 0 atom stereocenters. The Morgan fingerprint density at radius 1 is 1.00 bits per heavy atom. The smallest absolute Gasteiger partial charge is 0.00217 e. The van der Waals surface area contributed by atoms with Crippen LogP contribution in [-0.4, -0.2) is 5.43 Å². The quantitative estimate of drug-likeness (QED) is 0.410. The first-order chi connectivity index (χ1) is 10.6. The number of hydrogen-bond donors (Lipinski definition) is 0. The fraction of sp³-hybridized carbons (Fsp3) is 0.200. The summed E-state index contributed by atoms with van der Waals surface area (Å²) in [6, 6.07) is 16.7. The topological polar surface area (TPSA) is 0 Å². The van der Waals surface area contributed by atoms with Crippen LogP contribution in [0, 0.1) is 6.07 Å². The maximum Gasteiger partial charge on any atom is -0.00217 e. The van der Waals surface area contributed by atoms with E-state index in [1.807, 2.05) is 0 Å². The number of allylic oxidation sites excluding steroid dienone is 4. The molecule has 0 N–H and O–H groups in total. The Balaban J connectivity index is 0.000000325. The van der Waals surface area contributed by atoms with Crippen LogP contribution in [0.3, 0.4) is 0 Å². The molecule has 0 aliphatic heterocycles. The van der Waals surface area contributed by atoms with Crippen LogP contribution < -0.4 is 0 Å². The van der Waals surface area contributed by atoms with Crippen molar-refractivity contribution in [2.45, 2.75) is 25.4 Å². The molecular formula is C20H19SiZr-. The molecule has 22 heavy (non-hydrogen) atoms. The van der Waals surface area contributed by atoms with Crippen LogP contribution in [0.25, 0.3) is 11.1 Å². The summed E-state index contributed by atoms with van der Waals surface area (Å²) >= 11 is 1.74. The summed E-state index contributed by atoms with van der Waals surface area (Å²) in [5, 5.41) is 0. The van der Waals surface area contributed by atoms with Crippen LogP contribution in [0.15, 0.2) is 60.7 Å². The van der Waals surface area contributed by atoms with Gasteiger partial charge in [0.2, 0.25) is 0 Å². The Morgan fingerprint density at radius 3 is 2.41 bits per heavy atom. The number of rotatable bonds is 1. The summed E-state index contributed by atoms with van der Waals surface area (Å²) in [5.41, 5.74) is 7.02. The third kappa shape index (κ3) is 3.50. The summed E-state index contributed by atoms with van der Waals surface area (Å²) in [5.74, 6) is 0.416. The minimum atomic E-state index is 0.210. The predicted octanol–water partition coefficient (Wildman–Crippen LogP) is 5.05. The van der Waals surface area contributed by atoms with Gasteiger partial charge in [-0.05, 0) is 12.3 Å². The van der Waals surface area contributed by atoms with E-state index in [9.17, 15) is 0 Å². The van der Waals surface area contributed by atoms with Crippen molar-refractivity contribution in [1.29, 1.82) is 0 Å². The Hall–Kier alpha value is -0.980. The molecule has 0 unspecified atom stereocenters. The molecule has 0 heterocycles. The normalized spacial score (nSPS) is 14.2. The van der Waals surface area contributed by atoms with Crippen LogP contribution >= 0.6 is 0 Å². The zero-order valence-electron chi connectivity index (χ0n) is 13.1.